The van der Waals surface area contributed by atoms with Crippen LogP contribution in [0.5, 0.6) is 0 Å². The molecule has 6 heteroatoms. The SMILES string of the molecule is [C-]#[N+]c1ccc(C2COC(=O)C3=C2CC2=C(C3)C(c3ccc(C#N)cc3)COC2=O)cc1. The van der Waals surface area contributed by atoms with Crippen LogP contribution < -0.4 is 0 Å². The molecule has 2 unspecified atom stereocenters. The Kier molecular flexibility index (Phi) is 4.84. The highest BCUT2D eigenvalue weighted by Crippen LogP contribution is 2.47. The third kappa shape index (κ3) is 3.27. The number of hydrogen-bond donors (Lipinski definition) is 0. The van der Waals surface area contributed by atoms with E-state index < -0.39 is 0 Å². The van der Waals surface area contributed by atoms with Crippen LogP contribution in [0.3, 0.4) is 0 Å². The number of carbonyl (C=O) groups excluding carboxylic acids is 2. The summed E-state index contributed by atoms with van der Waals surface area (Å²) in [5.41, 5.74) is 6.03. The zero-order valence-corrected chi connectivity index (χ0v) is 17.1. The summed E-state index contributed by atoms with van der Waals surface area (Å²) in [5.74, 6) is -0.981. The van der Waals surface area contributed by atoms with Gasteiger partial charge in [0, 0.05) is 35.8 Å². The van der Waals surface area contributed by atoms with Gasteiger partial charge in [0.15, 0.2) is 5.69 Å². The molecule has 156 valence electrons. The lowest BCUT2D eigenvalue weighted by Crippen LogP contribution is -2.33. The largest absolute Gasteiger partial charge is 0.461 e. The number of carbonyl (C=O) groups is 2. The second-order valence-electron chi connectivity index (χ2n) is 8.10. The van der Waals surface area contributed by atoms with Gasteiger partial charge in [0.1, 0.15) is 13.2 Å². The van der Waals surface area contributed by atoms with Crippen LogP contribution in [0, 0.1) is 17.9 Å². The molecule has 1 aliphatic carbocycles. The summed E-state index contributed by atoms with van der Waals surface area (Å²) in [4.78, 5) is 28.8. The molecule has 0 saturated heterocycles. The predicted octanol–water partition coefficient (Wildman–Crippen LogP) is 4.48. The molecule has 3 aliphatic rings. The van der Waals surface area contributed by atoms with Gasteiger partial charge in [-0.15, -0.1) is 0 Å². The summed E-state index contributed by atoms with van der Waals surface area (Å²) in [7, 11) is 0. The summed E-state index contributed by atoms with van der Waals surface area (Å²) in [6.07, 6.45) is 0.695. The quantitative estimate of drug-likeness (QED) is 0.527. The molecule has 2 aliphatic heterocycles. The van der Waals surface area contributed by atoms with Crippen molar-refractivity contribution in [1.82, 2.24) is 0 Å². The van der Waals surface area contributed by atoms with E-state index in [1.54, 1.807) is 24.3 Å². The molecule has 2 aromatic rings. The van der Waals surface area contributed by atoms with Gasteiger partial charge >= 0.3 is 11.9 Å². The Morgan fingerprint density at radius 2 is 1.28 bits per heavy atom. The van der Waals surface area contributed by atoms with Gasteiger partial charge in [-0.2, -0.15) is 5.26 Å². The monoisotopic (exact) mass is 422 g/mol. The van der Waals surface area contributed by atoms with E-state index in [0.29, 0.717) is 35.2 Å². The number of hydrogen-bond acceptors (Lipinski definition) is 5. The highest BCUT2D eigenvalue weighted by Gasteiger charge is 2.41. The number of nitriles is 1. The first-order valence-electron chi connectivity index (χ1n) is 10.3. The summed E-state index contributed by atoms with van der Waals surface area (Å²) < 4.78 is 11.0. The van der Waals surface area contributed by atoms with Crippen LogP contribution in [0.2, 0.25) is 0 Å². The smallest absolute Gasteiger partial charge is 0.334 e. The number of esters is 2. The molecule has 0 spiro atoms. The number of benzene rings is 2. The third-order valence-electron chi connectivity index (χ3n) is 6.47. The van der Waals surface area contributed by atoms with Gasteiger partial charge in [-0.05, 0) is 34.4 Å². The van der Waals surface area contributed by atoms with Crippen molar-refractivity contribution in [2.75, 3.05) is 13.2 Å². The fourth-order valence-corrected chi connectivity index (χ4v) is 4.75. The standard InChI is InChI=1S/C26H18N2O4/c1-28-18-8-6-17(7-9-18)24-14-32-26(30)22-10-19-21(11-20(22)24)25(29)31-13-23(19)16-4-2-15(12-27)3-5-16/h2-9,23-24H,10-11,13-14H2. The average molecular weight is 422 g/mol. The maximum absolute atomic E-state index is 12.7. The predicted molar refractivity (Wildman–Crippen MR) is 115 cm³/mol. The molecule has 2 heterocycles. The van der Waals surface area contributed by atoms with Gasteiger partial charge in [0.25, 0.3) is 0 Å². The molecule has 0 saturated carbocycles. The lowest BCUT2D eigenvalue weighted by atomic mass is 9.72. The van der Waals surface area contributed by atoms with E-state index in [4.69, 9.17) is 21.3 Å². The molecular weight excluding hydrogens is 404 g/mol. The van der Waals surface area contributed by atoms with Crippen LogP contribution in [0.4, 0.5) is 5.69 Å². The maximum atomic E-state index is 12.7. The molecule has 0 fully saturated rings. The minimum Gasteiger partial charge on any atom is -0.461 e. The first-order chi connectivity index (χ1) is 15.6. The molecule has 6 nitrogen and oxygen atoms in total. The minimum absolute atomic E-state index is 0.153. The van der Waals surface area contributed by atoms with Crippen LogP contribution in [-0.2, 0) is 19.1 Å². The lowest BCUT2D eigenvalue weighted by molar-refractivity contribution is -0.143. The van der Waals surface area contributed by atoms with Gasteiger partial charge in [-0.1, -0.05) is 36.4 Å². The Bertz CT molecular complexity index is 1170. The van der Waals surface area contributed by atoms with E-state index in [0.717, 1.165) is 22.3 Å². The number of rotatable bonds is 2. The van der Waals surface area contributed by atoms with E-state index in [2.05, 4.69) is 10.9 Å². The van der Waals surface area contributed by atoms with Crippen molar-refractivity contribution in [3.05, 3.63) is 98.9 Å². The molecule has 0 bridgehead atoms. The summed E-state index contributed by atoms with van der Waals surface area (Å²) >= 11 is 0. The van der Waals surface area contributed by atoms with Crippen LogP contribution in [0.15, 0.2) is 70.8 Å². The van der Waals surface area contributed by atoms with E-state index in [1.165, 1.54) is 0 Å². The Labute approximate surface area is 185 Å². The van der Waals surface area contributed by atoms with Gasteiger partial charge in [-0.25, -0.2) is 14.4 Å². The van der Waals surface area contributed by atoms with Gasteiger partial charge in [-0.3, -0.25) is 0 Å². The van der Waals surface area contributed by atoms with Crippen LogP contribution >= 0.6 is 0 Å². The highest BCUT2D eigenvalue weighted by molar-refractivity contribution is 5.97. The van der Waals surface area contributed by atoms with Crippen LogP contribution in [0.25, 0.3) is 4.85 Å². The van der Waals surface area contributed by atoms with Crippen molar-refractivity contribution >= 4 is 17.6 Å². The van der Waals surface area contributed by atoms with Crippen LogP contribution in [-0.4, -0.2) is 25.2 Å². The molecule has 0 amide bonds. The van der Waals surface area contributed by atoms with E-state index in [-0.39, 0.29) is 37.0 Å². The van der Waals surface area contributed by atoms with E-state index in [1.807, 2.05) is 24.3 Å². The Balaban J connectivity index is 1.52. The fraction of sp³-hybridized carbons (Fsp3) is 0.231. The van der Waals surface area contributed by atoms with Gasteiger partial charge in [0.2, 0.25) is 0 Å². The molecule has 0 N–H and O–H groups in total. The lowest BCUT2D eigenvalue weighted by Gasteiger charge is -2.37. The highest BCUT2D eigenvalue weighted by atomic mass is 16.5. The van der Waals surface area contributed by atoms with Crippen molar-refractivity contribution in [1.29, 1.82) is 5.26 Å². The van der Waals surface area contributed by atoms with Crippen molar-refractivity contribution in [3.63, 3.8) is 0 Å². The topological polar surface area (TPSA) is 80.8 Å². The van der Waals surface area contributed by atoms with Gasteiger partial charge in [0.05, 0.1) is 18.2 Å². The van der Waals surface area contributed by atoms with Crippen molar-refractivity contribution < 1.29 is 19.1 Å². The molecule has 2 atom stereocenters. The average Bonchev–Trinajstić information content (AvgIpc) is 2.84. The number of nitrogens with zero attached hydrogens (tertiary/aromatic N) is 2. The Hall–Kier alpha value is -4.16. The van der Waals surface area contributed by atoms with E-state index in [9.17, 15) is 9.59 Å². The van der Waals surface area contributed by atoms with Gasteiger partial charge < -0.3 is 9.47 Å². The van der Waals surface area contributed by atoms with Crippen LogP contribution in [0.1, 0.15) is 41.4 Å². The third-order valence-corrected chi connectivity index (χ3v) is 6.47. The molecule has 0 radical (unpaired) electrons. The number of cyclic esters (lactones) is 2. The molecule has 5 rings (SSSR count). The van der Waals surface area contributed by atoms with Crippen molar-refractivity contribution in [2.24, 2.45) is 0 Å². The first-order valence-corrected chi connectivity index (χ1v) is 10.3. The van der Waals surface area contributed by atoms with Crippen molar-refractivity contribution in [2.45, 2.75) is 24.7 Å². The first kappa shape index (κ1) is 19.8. The second-order valence-corrected chi connectivity index (χ2v) is 8.10. The normalized spacial score (nSPS) is 22.2. The fourth-order valence-electron chi connectivity index (χ4n) is 4.75. The molecular formula is C26H18N2O4. The van der Waals surface area contributed by atoms with Crippen molar-refractivity contribution in [3.8, 4) is 6.07 Å². The zero-order chi connectivity index (χ0) is 22.2. The second kappa shape index (κ2) is 7.83. The summed E-state index contributed by atoms with van der Waals surface area (Å²) in [5, 5.41) is 9.07. The van der Waals surface area contributed by atoms with E-state index >= 15 is 0 Å². The Morgan fingerprint density at radius 1 is 0.812 bits per heavy atom. The molecule has 32 heavy (non-hydrogen) atoms. The molecule has 0 aromatic heterocycles. The maximum Gasteiger partial charge on any atom is 0.334 e. The zero-order valence-electron chi connectivity index (χ0n) is 17.1. The molecule has 2 aromatic carbocycles. The summed E-state index contributed by atoms with van der Waals surface area (Å²) in [6, 6.07) is 16.6. The minimum atomic E-state index is -0.336. The summed E-state index contributed by atoms with van der Waals surface area (Å²) in [6.45, 7) is 7.57. The Morgan fingerprint density at radius 3 is 1.72 bits per heavy atom. The number of ether oxygens (including phenoxy) is 2.